The zero-order valence-electron chi connectivity index (χ0n) is 22.3. The first-order valence-electron chi connectivity index (χ1n) is 13.4. The predicted molar refractivity (Wildman–Crippen MR) is 153 cm³/mol. The summed E-state index contributed by atoms with van der Waals surface area (Å²) in [4.78, 5) is 32.5. The molecule has 5 rings (SSSR count). The van der Waals surface area contributed by atoms with Gasteiger partial charge in [-0.05, 0) is 48.1 Å². The van der Waals surface area contributed by atoms with Crippen molar-refractivity contribution in [2.24, 2.45) is 11.8 Å². The van der Waals surface area contributed by atoms with E-state index in [1.54, 1.807) is 11.0 Å². The summed E-state index contributed by atoms with van der Waals surface area (Å²) < 4.78 is 14.3. The minimum Gasteiger partial charge on any atom is -0.377 e. The Bertz CT molecular complexity index is 1300. The highest BCUT2D eigenvalue weighted by Crippen LogP contribution is 2.34. The van der Waals surface area contributed by atoms with Gasteiger partial charge in [-0.25, -0.2) is 4.39 Å². The third kappa shape index (κ3) is 5.94. The van der Waals surface area contributed by atoms with Gasteiger partial charge in [-0.2, -0.15) is 0 Å². The zero-order valence-corrected chi connectivity index (χ0v) is 23.1. The number of likely N-dealkylation sites (tertiary alicyclic amines) is 2. The summed E-state index contributed by atoms with van der Waals surface area (Å²) in [6.45, 7) is 3.78. The van der Waals surface area contributed by atoms with Gasteiger partial charge < -0.3 is 20.0 Å². The van der Waals surface area contributed by atoms with Crippen molar-refractivity contribution in [1.82, 2.24) is 15.1 Å². The minimum absolute atomic E-state index is 0.0340. The van der Waals surface area contributed by atoms with E-state index in [4.69, 9.17) is 11.6 Å². The summed E-state index contributed by atoms with van der Waals surface area (Å²) >= 11 is 6.14. The molecule has 0 spiro atoms. The maximum absolute atomic E-state index is 14.3. The standard InChI is InChI=1S/C31H34ClFN4O2/c1-35(2)28-14-7-6-11-24(28)30(38)34-27(21-9-4-3-5-10-21)15-16-36-17-22-19-37(20-23(22)18-36)31(39)29-25(32)12-8-13-26(29)33/h3-14,22-23,27H,15-20H2,1-2H3,(H,34,38). The Labute approximate surface area is 234 Å². The summed E-state index contributed by atoms with van der Waals surface area (Å²) in [6, 6.07) is 21.9. The van der Waals surface area contributed by atoms with Crippen LogP contribution in [0.2, 0.25) is 5.02 Å². The van der Waals surface area contributed by atoms with Gasteiger partial charge in [0, 0.05) is 52.5 Å². The first-order chi connectivity index (χ1) is 18.8. The number of halogens is 2. The lowest BCUT2D eigenvalue weighted by Crippen LogP contribution is -2.36. The SMILES string of the molecule is CN(C)c1ccccc1C(=O)NC(CCN1CC2CN(C(=O)c3c(F)cccc3Cl)CC2C1)c1ccccc1. The number of nitrogens with one attached hydrogen (secondary N) is 1. The van der Waals surface area contributed by atoms with Crippen molar-refractivity contribution in [1.29, 1.82) is 0 Å². The molecule has 1 N–H and O–H groups in total. The zero-order chi connectivity index (χ0) is 27.5. The molecule has 0 aliphatic carbocycles. The Morgan fingerprint density at radius 1 is 0.949 bits per heavy atom. The van der Waals surface area contributed by atoms with Gasteiger partial charge in [-0.3, -0.25) is 9.59 Å². The summed E-state index contributed by atoms with van der Waals surface area (Å²) in [5.74, 6) is -0.308. The van der Waals surface area contributed by atoms with Gasteiger partial charge >= 0.3 is 0 Å². The number of para-hydroxylation sites is 1. The Morgan fingerprint density at radius 2 is 1.62 bits per heavy atom. The van der Waals surface area contributed by atoms with Crippen LogP contribution in [0.25, 0.3) is 0 Å². The highest BCUT2D eigenvalue weighted by Gasteiger charge is 2.42. The molecule has 0 radical (unpaired) electrons. The molecule has 3 atom stereocenters. The van der Waals surface area contributed by atoms with E-state index in [0.717, 1.165) is 37.3 Å². The van der Waals surface area contributed by atoms with Gasteiger partial charge in [0.15, 0.2) is 0 Å². The first kappa shape index (κ1) is 27.2. The topological polar surface area (TPSA) is 55.9 Å². The molecule has 2 aliphatic rings. The van der Waals surface area contributed by atoms with Crippen LogP contribution in [0.15, 0.2) is 72.8 Å². The van der Waals surface area contributed by atoms with E-state index in [2.05, 4.69) is 22.3 Å². The Kier molecular flexibility index (Phi) is 8.19. The van der Waals surface area contributed by atoms with Gasteiger partial charge in [0.05, 0.1) is 22.2 Å². The molecule has 6 nitrogen and oxygen atoms in total. The molecule has 0 aromatic heterocycles. The predicted octanol–water partition coefficient (Wildman–Crippen LogP) is 5.11. The molecule has 3 aromatic rings. The second-order valence-electron chi connectivity index (χ2n) is 10.7. The van der Waals surface area contributed by atoms with Crippen LogP contribution in [-0.4, -0.2) is 68.4 Å². The quantitative estimate of drug-likeness (QED) is 0.425. The van der Waals surface area contributed by atoms with Gasteiger partial charge in [0.25, 0.3) is 11.8 Å². The van der Waals surface area contributed by atoms with E-state index in [1.807, 2.05) is 61.5 Å². The Morgan fingerprint density at radius 3 is 2.28 bits per heavy atom. The summed E-state index contributed by atoms with van der Waals surface area (Å²) in [6.07, 6.45) is 0.771. The molecule has 0 bridgehead atoms. The number of nitrogens with zero attached hydrogens (tertiary/aromatic N) is 3. The number of amides is 2. The molecular formula is C31H34ClFN4O2. The number of hydrogen-bond donors (Lipinski definition) is 1. The van der Waals surface area contributed by atoms with Crippen molar-refractivity contribution in [2.75, 3.05) is 51.7 Å². The molecule has 0 saturated carbocycles. The molecular weight excluding hydrogens is 515 g/mol. The van der Waals surface area contributed by atoms with E-state index < -0.39 is 5.82 Å². The van der Waals surface area contributed by atoms with Crippen LogP contribution in [-0.2, 0) is 0 Å². The lowest BCUT2D eigenvalue weighted by Gasteiger charge is -2.25. The number of carbonyl (C=O) groups is 2. The van der Waals surface area contributed by atoms with Crippen molar-refractivity contribution in [3.8, 4) is 0 Å². The third-order valence-corrected chi connectivity index (χ3v) is 8.21. The second kappa shape index (κ2) is 11.8. The van der Waals surface area contributed by atoms with Gasteiger partial charge in [0.2, 0.25) is 0 Å². The Balaban J connectivity index is 1.21. The van der Waals surface area contributed by atoms with Crippen LogP contribution in [0.3, 0.4) is 0 Å². The minimum atomic E-state index is -0.576. The van der Waals surface area contributed by atoms with E-state index in [1.165, 1.54) is 12.1 Å². The van der Waals surface area contributed by atoms with Gasteiger partial charge in [-0.15, -0.1) is 0 Å². The molecule has 204 valence electrons. The highest BCUT2D eigenvalue weighted by atomic mass is 35.5. The maximum Gasteiger partial charge on any atom is 0.258 e. The fourth-order valence-electron chi connectivity index (χ4n) is 5.91. The van der Waals surface area contributed by atoms with E-state index in [-0.39, 0.29) is 28.4 Å². The molecule has 2 fully saturated rings. The van der Waals surface area contributed by atoms with Crippen molar-refractivity contribution in [2.45, 2.75) is 12.5 Å². The number of benzene rings is 3. The smallest absolute Gasteiger partial charge is 0.258 e. The van der Waals surface area contributed by atoms with Gasteiger partial charge in [0.1, 0.15) is 5.82 Å². The Hall–Kier alpha value is -3.42. The number of carbonyl (C=O) groups excluding carboxylic acids is 2. The molecule has 2 aliphatic heterocycles. The molecule has 2 amide bonds. The van der Waals surface area contributed by atoms with Crippen molar-refractivity contribution in [3.63, 3.8) is 0 Å². The monoisotopic (exact) mass is 548 g/mol. The van der Waals surface area contributed by atoms with Crippen LogP contribution in [0.1, 0.15) is 38.7 Å². The van der Waals surface area contributed by atoms with E-state index >= 15 is 0 Å². The van der Waals surface area contributed by atoms with Crippen LogP contribution >= 0.6 is 11.6 Å². The molecule has 2 heterocycles. The summed E-state index contributed by atoms with van der Waals surface area (Å²) in [5.41, 5.74) is 2.57. The molecule has 2 saturated heterocycles. The fraction of sp³-hybridized carbons (Fsp3) is 0.355. The van der Waals surface area contributed by atoms with Crippen molar-refractivity contribution < 1.29 is 14.0 Å². The fourth-order valence-corrected chi connectivity index (χ4v) is 6.15. The van der Waals surface area contributed by atoms with Crippen LogP contribution in [0.4, 0.5) is 10.1 Å². The molecule has 39 heavy (non-hydrogen) atoms. The number of anilines is 1. The van der Waals surface area contributed by atoms with Crippen LogP contribution in [0.5, 0.6) is 0 Å². The summed E-state index contributed by atoms with van der Waals surface area (Å²) in [5, 5.41) is 3.43. The van der Waals surface area contributed by atoms with Crippen LogP contribution < -0.4 is 10.2 Å². The highest BCUT2D eigenvalue weighted by molar-refractivity contribution is 6.33. The number of rotatable bonds is 8. The van der Waals surface area contributed by atoms with Crippen molar-refractivity contribution >= 4 is 29.1 Å². The van der Waals surface area contributed by atoms with E-state index in [0.29, 0.717) is 30.5 Å². The largest absolute Gasteiger partial charge is 0.377 e. The van der Waals surface area contributed by atoms with Gasteiger partial charge in [-0.1, -0.05) is 60.1 Å². The maximum atomic E-state index is 14.3. The average Bonchev–Trinajstić information content (AvgIpc) is 3.50. The molecule has 8 heteroatoms. The second-order valence-corrected chi connectivity index (χ2v) is 11.1. The average molecular weight is 549 g/mol. The third-order valence-electron chi connectivity index (χ3n) is 7.90. The molecule has 3 unspecified atom stereocenters. The van der Waals surface area contributed by atoms with E-state index in [9.17, 15) is 14.0 Å². The lowest BCUT2D eigenvalue weighted by molar-refractivity contribution is 0.0769. The number of fused-ring (bicyclic) bond motifs is 1. The lowest BCUT2D eigenvalue weighted by atomic mass is 10.0. The number of hydrogen-bond acceptors (Lipinski definition) is 4. The van der Waals surface area contributed by atoms with Crippen LogP contribution in [0, 0.1) is 17.7 Å². The van der Waals surface area contributed by atoms with Crippen molar-refractivity contribution in [3.05, 3.63) is 100 Å². The normalized spacial score (nSPS) is 19.5. The summed E-state index contributed by atoms with van der Waals surface area (Å²) in [7, 11) is 3.87. The first-order valence-corrected chi connectivity index (χ1v) is 13.8. The molecule has 3 aromatic carbocycles.